The molecule has 1 unspecified atom stereocenters. The van der Waals surface area contributed by atoms with Crippen LogP contribution in [0.25, 0.3) is 0 Å². The maximum absolute atomic E-state index is 10.5. The number of aliphatic hydroxyl groups excluding tert-OH is 1. The van der Waals surface area contributed by atoms with Crippen molar-refractivity contribution in [3.8, 4) is 0 Å². The lowest BCUT2D eigenvalue weighted by Gasteiger charge is -2.17. The highest BCUT2D eigenvalue weighted by Gasteiger charge is 2.16. The lowest BCUT2D eigenvalue weighted by Crippen LogP contribution is -2.04. The Morgan fingerprint density at radius 2 is 1.56 bits per heavy atom. The van der Waals surface area contributed by atoms with Crippen LogP contribution in [0.1, 0.15) is 28.4 Å². The van der Waals surface area contributed by atoms with Crippen molar-refractivity contribution in [1.29, 1.82) is 0 Å². The summed E-state index contributed by atoms with van der Waals surface area (Å²) in [6.45, 7) is 3.98. The average molecular weight is 281 g/mol. The van der Waals surface area contributed by atoms with Gasteiger partial charge in [-0.05, 0) is 48.2 Å². The van der Waals surface area contributed by atoms with Crippen LogP contribution in [0.2, 0.25) is 10.0 Å². The Balaban J connectivity index is 2.48. The fraction of sp³-hybridized carbons (Fsp3) is 0.200. The van der Waals surface area contributed by atoms with Crippen LogP contribution < -0.4 is 0 Å². The molecule has 0 heterocycles. The Hall–Kier alpha value is -1.02. The van der Waals surface area contributed by atoms with Crippen LogP contribution in [-0.2, 0) is 0 Å². The number of hydrogen-bond acceptors (Lipinski definition) is 1. The molecule has 0 fully saturated rings. The van der Waals surface area contributed by atoms with E-state index in [2.05, 4.69) is 0 Å². The second-order valence-electron chi connectivity index (χ2n) is 4.38. The van der Waals surface area contributed by atoms with Crippen molar-refractivity contribution in [2.24, 2.45) is 0 Å². The largest absolute Gasteiger partial charge is 0.384 e. The summed E-state index contributed by atoms with van der Waals surface area (Å²) in [7, 11) is 0. The van der Waals surface area contributed by atoms with Crippen molar-refractivity contribution in [2.75, 3.05) is 0 Å². The average Bonchev–Trinajstić information content (AvgIpc) is 2.32. The molecule has 0 amide bonds. The van der Waals surface area contributed by atoms with Crippen molar-refractivity contribution in [1.82, 2.24) is 0 Å². The van der Waals surface area contributed by atoms with Gasteiger partial charge in [0.2, 0.25) is 0 Å². The topological polar surface area (TPSA) is 20.2 Å². The van der Waals surface area contributed by atoms with E-state index in [9.17, 15) is 5.11 Å². The summed E-state index contributed by atoms with van der Waals surface area (Å²) in [5, 5.41) is 11.4. The van der Waals surface area contributed by atoms with E-state index < -0.39 is 6.10 Å². The first-order chi connectivity index (χ1) is 8.50. The molecule has 0 aliphatic heterocycles. The van der Waals surface area contributed by atoms with Gasteiger partial charge in [-0.3, -0.25) is 0 Å². The smallest absolute Gasteiger partial charge is 0.105 e. The normalized spacial score (nSPS) is 12.5. The summed E-state index contributed by atoms with van der Waals surface area (Å²) in [5.41, 5.74) is 3.81. The SMILES string of the molecule is Cc1cccc(C)c1C(O)c1ccc(Cl)c(Cl)c1. The van der Waals surface area contributed by atoms with Gasteiger partial charge in [0, 0.05) is 0 Å². The number of aliphatic hydroxyl groups is 1. The third kappa shape index (κ3) is 2.54. The molecule has 0 aromatic heterocycles. The Morgan fingerprint density at radius 3 is 2.11 bits per heavy atom. The molecule has 2 aromatic rings. The van der Waals surface area contributed by atoms with Gasteiger partial charge in [0.05, 0.1) is 10.0 Å². The molecule has 0 radical (unpaired) electrons. The summed E-state index contributed by atoms with van der Waals surface area (Å²) >= 11 is 11.9. The molecular weight excluding hydrogens is 267 g/mol. The lowest BCUT2D eigenvalue weighted by molar-refractivity contribution is 0.219. The molecule has 1 atom stereocenters. The molecule has 0 aliphatic carbocycles. The van der Waals surface area contributed by atoms with Gasteiger partial charge in [0.1, 0.15) is 6.10 Å². The van der Waals surface area contributed by atoms with Crippen LogP contribution in [0, 0.1) is 13.8 Å². The third-order valence-corrected chi connectivity index (χ3v) is 3.81. The van der Waals surface area contributed by atoms with Gasteiger partial charge < -0.3 is 5.11 Å². The molecule has 0 bridgehead atoms. The number of aryl methyl sites for hydroxylation is 2. The standard InChI is InChI=1S/C15H14Cl2O/c1-9-4-3-5-10(2)14(9)15(18)11-6-7-12(16)13(17)8-11/h3-8,15,18H,1-2H3. The number of rotatable bonds is 2. The van der Waals surface area contributed by atoms with Crippen molar-refractivity contribution >= 4 is 23.2 Å². The highest BCUT2D eigenvalue weighted by Crippen LogP contribution is 2.31. The molecule has 2 aromatic carbocycles. The molecule has 0 spiro atoms. The van der Waals surface area contributed by atoms with Gasteiger partial charge in [-0.15, -0.1) is 0 Å². The van der Waals surface area contributed by atoms with E-state index in [0.29, 0.717) is 10.0 Å². The van der Waals surface area contributed by atoms with Gasteiger partial charge >= 0.3 is 0 Å². The highest BCUT2D eigenvalue weighted by atomic mass is 35.5. The molecule has 0 saturated carbocycles. The van der Waals surface area contributed by atoms with Gasteiger partial charge in [-0.1, -0.05) is 47.5 Å². The van der Waals surface area contributed by atoms with E-state index in [0.717, 1.165) is 22.3 Å². The van der Waals surface area contributed by atoms with Gasteiger partial charge in [-0.25, -0.2) is 0 Å². The minimum absolute atomic E-state index is 0.458. The second-order valence-corrected chi connectivity index (χ2v) is 5.20. The van der Waals surface area contributed by atoms with E-state index >= 15 is 0 Å². The molecule has 0 saturated heterocycles. The van der Waals surface area contributed by atoms with Crippen LogP contribution >= 0.6 is 23.2 Å². The van der Waals surface area contributed by atoms with Crippen molar-refractivity contribution < 1.29 is 5.11 Å². The zero-order valence-electron chi connectivity index (χ0n) is 10.2. The number of benzene rings is 2. The maximum atomic E-state index is 10.5. The third-order valence-electron chi connectivity index (χ3n) is 3.07. The van der Waals surface area contributed by atoms with E-state index in [-0.39, 0.29) is 0 Å². The summed E-state index contributed by atoms with van der Waals surface area (Å²) in [5.74, 6) is 0. The molecule has 0 aliphatic rings. The lowest BCUT2D eigenvalue weighted by atomic mass is 9.93. The quantitative estimate of drug-likeness (QED) is 0.846. The first-order valence-electron chi connectivity index (χ1n) is 5.70. The van der Waals surface area contributed by atoms with Crippen molar-refractivity contribution in [3.63, 3.8) is 0 Å². The summed E-state index contributed by atoms with van der Waals surface area (Å²) in [6, 6.07) is 11.2. The van der Waals surface area contributed by atoms with Crippen molar-refractivity contribution in [3.05, 3.63) is 68.7 Å². The van der Waals surface area contributed by atoms with Crippen LogP contribution in [0.15, 0.2) is 36.4 Å². The Kier molecular flexibility index (Phi) is 3.96. The number of hydrogen-bond donors (Lipinski definition) is 1. The molecule has 2 rings (SSSR count). The zero-order valence-corrected chi connectivity index (χ0v) is 11.8. The second kappa shape index (κ2) is 5.31. The number of halogens is 2. The first-order valence-corrected chi connectivity index (χ1v) is 6.45. The first kappa shape index (κ1) is 13.4. The van der Waals surface area contributed by atoms with E-state index in [1.807, 2.05) is 32.0 Å². The molecule has 1 nitrogen and oxygen atoms in total. The predicted octanol–water partition coefficient (Wildman–Crippen LogP) is 4.69. The molecule has 1 N–H and O–H groups in total. The Bertz CT molecular complexity index is 558. The minimum atomic E-state index is -0.680. The fourth-order valence-corrected chi connectivity index (χ4v) is 2.41. The molecule has 18 heavy (non-hydrogen) atoms. The van der Waals surface area contributed by atoms with Crippen LogP contribution in [0.5, 0.6) is 0 Å². The van der Waals surface area contributed by atoms with Crippen LogP contribution in [0.3, 0.4) is 0 Å². The van der Waals surface area contributed by atoms with E-state index in [1.54, 1.807) is 18.2 Å². The monoisotopic (exact) mass is 280 g/mol. The van der Waals surface area contributed by atoms with Crippen molar-refractivity contribution in [2.45, 2.75) is 20.0 Å². The van der Waals surface area contributed by atoms with Crippen LogP contribution in [-0.4, -0.2) is 5.11 Å². The van der Waals surface area contributed by atoms with Crippen LogP contribution in [0.4, 0.5) is 0 Å². The summed E-state index contributed by atoms with van der Waals surface area (Å²) < 4.78 is 0. The summed E-state index contributed by atoms with van der Waals surface area (Å²) in [4.78, 5) is 0. The van der Waals surface area contributed by atoms with Gasteiger partial charge in [0.25, 0.3) is 0 Å². The zero-order chi connectivity index (χ0) is 13.3. The molecule has 3 heteroatoms. The minimum Gasteiger partial charge on any atom is -0.384 e. The Labute approximate surface area is 117 Å². The van der Waals surface area contributed by atoms with Gasteiger partial charge in [-0.2, -0.15) is 0 Å². The van der Waals surface area contributed by atoms with E-state index in [4.69, 9.17) is 23.2 Å². The van der Waals surface area contributed by atoms with Gasteiger partial charge in [0.15, 0.2) is 0 Å². The maximum Gasteiger partial charge on any atom is 0.105 e. The predicted molar refractivity (Wildman–Crippen MR) is 76.4 cm³/mol. The highest BCUT2D eigenvalue weighted by molar-refractivity contribution is 6.42. The summed E-state index contributed by atoms with van der Waals surface area (Å²) in [6.07, 6.45) is -0.680. The fourth-order valence-electron chi connectivity index (χ4n) is 2.11. The Morgan fingerprint density at radius 1 is 0.944 bits per heavy atom. The van der Waals surface area contributed by atoms with E-state index in [1.165, 1.54) is 0 Å². The molecule has 94 valence electrons. The molecular formula is C15H14Cl2O.